The molecule has 33 heavy (non-hydrogen) atoms. The van der Waals surface area contributed by atoms with E-state index >= 15 is 0 Å². The van der Waals surface area contributed by atoms with E-state index < -0.39 is 6.43 Å². The summed E-state index contributed by atoms with van der Waals surface area (Å²) >= 11 is 0. The molecule has 0 fully saturated rings. The molecule has 0 aliphatic carbocycles. The van der Waals surface area contributed by atoms with Gasteiger partial charge in [-0.1, -0.05) is 30.3 Å². The molecule has 0 bridgehead atoms. The van der Waals surface area contributed by atoms with Crippen LogP contribution in [0.3, 0.4) is 0 Å². The van der Waals surface area contributed by atoms with E-state index in [1.807, 2.05) is 62.0 Å². The fourth-order valence-corrected chi connectivity index (χ4v) is 4.05. The molecule has 0 saturated carbocycles. The standard InChI is InChI=1S/C24H26F2N6O/c1-5-31-12-19(15(3)29-31)14(2)27-21(33)13-32-24-22(16(4)30-32)18(23(25)26)11-20(28-24)17-9-7-6-8-10-17/h6-12,14,23H,5,13H2,1-4H3,(H,27,33). The molecule has 3 heterocycles. The number of fused-ring (bicyclic) bond motifs is 1. The average Bonchev–Trinajstić information content (AvgIpc) is 3.33. The summed E-state index contributed by atoms with van der Waals surface area (Å²) in [6, 6.07) is 10.3. The number of hydrogen-bond acceptors (Lipinski definition) is 4. The van der Waals surface area contributed by atoms with E-state index in [0.717, 1.165) is 17.8 Å². The van der Waals surface area contributed by atoms with Crippen molar-refractivity contribution in [1.29, 1.82) is 0 Å². The van der Waals surface area contributed by atoms with Crippen molar-refractivity contribution < 1.29 is 13.6 Å². The summed E-state index contributed by atoms with van der Waals surface area (Å²) in [5, 5.41) is 12.0. The van der Waals surface area contributed by atoms with Crippen LogP contribution in [0, 0.1) is 13.8 Å². The summed E-state index contributed by atoms with van der Waals surface area (Å²) in [5.41, 5.74) is 3.44. The summed E-state index contributed by atoms with van der Waals surface area (Å²) in [6.07, 6.45) is -0.780. The summed E-state index contributed by atoms with van der Waals surface area (Å²) < 4.78 is 31.1. The lowest BCUT2D eigenvalue weighted by Crippen LogP contribution is -2.30. The molecule has 172 valence electrons. The largest absolute Gasteiger partial charge is 0.348 e. The number of pyridine rings is 1. The Bertz CT molecular complexity index is 1300. The summed E-state index contributed by atoms with van der Waals surface area (Å²) in [6.45, 7) is 8.03. The zero-order valence-corrected chi connectivity index (χ0v) is 19.0. The molecule has 1 aromatic carbocycles. The van der Waals surface area contributed by atoms with E-state index in [1.165, 1.54) is 10.7 Å². The number of alkyl halides is 2. The van der Waals surface area contributed by atoms with Gasteiger partial charge in [0.2, 0.25) is 5.91 Å². The Hall–Kier alpha value is -3.62. The molecule has 3 aromatic heterocycles. The maximum atomic E-state index is 13.9. The van der Waals surface area contributed by atoms with Crippen LogP contribution < -0.4 is 5.32 Å². The van der Waals surface area contributed by atoms with Crippen molar-refractivity contribution in [2.24, 2.45) is 0 Å². The van der Waals surface area contributed by atoms with Crippen LogP contribution in [0.1, 0.15) is 48.8 Å². The first-order chi connectivity index (χ1) is 15.8. The number of nitrogens with zero attached hydrogens (tertiary/aromatic N) is 5. The molecular weight excluding hydrogens is 426 g/mol. The van der Waals surface area contributed by atoms with Gasteiger partial charge in [-0.15, -0.1) is 0 Å². The summed E-state index contributed by atoms with van der Waals surface area (Å²) in [5.74, 6) is -0.291. The normalized spacial score (nSPS) is 12.5. The van der Waals surface area contributed by atoms with Crippen LogP contribution in [0.4, 0.5) is 8.78 Å². The molecule has 1 amide bonds. The fraction of sp³-hybridized carbons (Fsp3) is 0.333. The van der Waals surface area contributed by atoms with Crippen LogP contribution in [0.2, 0.25) is 0 Å². The van der Waals surface area contributed by atoms with Gasteiger partial charge in [-0.25, -0.2) is 18.4 Å². The van der Waals surface area contributed by atoms with Gasteiger partial charge in [0.05, 0.1) is 28.5 Å². The van der Waals surface area contributed by atoms with E-state index in [9.17, 15) is 13.6 Å². The number of aromatic nitrogens is 5. The fourth-order valence-electron chi connectivity index (χ4n) is 4.05. The Morgan fingerprint density at radius 1 is 1.09 bits per heavy atom. The van der Waals surface area contributed by atoms with Crippen LogP contribution >= 0.6 is 0 Å². The third-order valence-corrected chi connectivity index (χ3v) is 5.66. The SMILES string of the molecule is CCn1cc(C(C)NC(=O)Cn2nc(C)c3c(C(F)F)cc(-c4ccccc4)nc32)c(C)n1. The van der Waals surface area contributed by atoms with Crippen molar-refractivity contribution in [3.05, 3.63) is 65.1 Å². The molecule has 0 aliphatic heterocycles. The smallest absolute Gasteiger partial charge is 0.264 e. The highest BCUT2D eigenvalue weighted by molar-refractivity contribution is 5.87. The van der Waals surface area contributed by atoms with Crippen molar-refractivity contribution in [3.8, 4) is 11.3 Å². The van der Waals surface area contributed by atoms with Crippen molar-refractivity contribution in [1.82, 2.24) is 29.9 Å². The number of nitrogens with one attached hydrogen (secondary N) is 1. The zero-order chi connectivity index (χ0) is 23.7. The van der Waals surface area contributed by atoms with Crippen LogP contribution in [0.5, 0.6) is 0 Å². The van der Waals surface area contributed by atoms with Gasteiger partial charge in [0.1, 0.15) is 6.54 Å². The van der Waals surface area contributed by atoms with Crippen LogP contribution in [0.15, 0.2) is 42.6 Å². The topological polar surface area (TPSA) is 77.6 Å². The predicted octanol–water partition coefficient (Wildman–Crippen LogP) is 4.75. The minimum absolute atomic E-state index is 0.135. The van der Waals surface area contributed by atoms with Gasteiger partial charge in [0, 0.05) is 29.4 Å². The Balaban J connectivity index is 1.66. The third kappa shape index (κ3) is 4.48. The minimum Gasteiger partial charge on any atom is -0.348 e. The molecular formula is C24H26F2N6O. The Morgan fingerprint density at radius 2 is 1.82 bits per heavy atom. The Kier molecular flexibility index (Phi) is 6.22. The van der Waals surface area contributed by atoms with E-state index in [0.29, 0.717) is 17.0 Å². The second-order valence-corrected chi connectivity index (χ2v) is 8.02. The number of carbonyl (C=O) groups is 1. The quantitative estimate of drug-likeness (QED) is 0.439. The van der Waals surface area contributed by atoms with Gasteiger partial charge in [-0.05, 0) is 33.8 Å². The first kappa shape index (κ1) is 22.6. The molecule has 0 saturated heterocycles. The monoisotopic (exact) mass is 452 g/mol. The van der Waals surface area contributed by atoms with Gasteiger partial charge in [0.25, 0.3) is 6.43 Å². The van der Waals surface area contributed by atoms with Crippen LogP contribution in [0.25, 0.3) is 22.3 Å². The van der Waals surface area contributed by atoms with E-state index in [2.05, 4.69) is 20.5 Å². The average molecular weight is 453 g/mol. The van der Waals surface area contributed by atoms with E-state index in [1.54, 1.807) is 6.92 Å². The lowest BCUT2D eigenvalue weighted by atomic mass is 10.1. The molecule has 9 heteroatoms. The van der Waals surface area contributed by atoms with E-state index in [-0.39, 0.29) is 35.1 Å². The van der Waals surface area contributed by atoms with Gasteiger partial charge in [-0.2, -0.15) is 10.2 Å². The molecule has 7 nitrogen and oxygen atoms in total. The molecule has 1 N–H and O–H groups in total. The number of halogens is 2. The molecule has 1 atom stereocenters. The molecule has 0 aliphatic rings. The highest BCUT2D eigenvalue weighted by atomic mass is 19.3. The first-order valence-corrected chi connectivity index (χ1v) is 10.8. The Labute approximate surface area is 190 Å². The van der Waals surface area contributed by atoms with Crippen molar-refractivity contribution in [2.75, 3.05) is 0 Å². The van der Waals surface area contributed by atoms with Gasteiger partial charge >= 0.3 is 0 Å². The number of rotatable bonds is 7. The van der Waals surface area contributed by atoms with Gasteiger partial charge in [0.15, 0.2) is 5.65 Å². The highest BCUT2D eigenvalue weighted by Crippen LogP contribution is 2.33. The number of aryl methyl sites for hydroxylation is 3. The lowest BCUT2D eigenvalue weighted by Gasteiger charge is -2.14. The predicted molar refractivity (Wildman–Crippen MR) is 122 cm³/mol. The van der Waals surface area contributed by atoms with Crippen LogP contribution in [-0.2, 0) is 17.9 Å². The number of benzene rings is 1. The molecule has 4 aromatic rings. The molecule has 0 spiro atoms. The number of carbonyl (C=O) groups excluding carboxylic acids is 1. The van der Waals surface area contributed by atoms with Crippen molar-refractivity contribution in [2.45, 2.75) is 53.3 Å². The van der Waals surface area contributed by atoms with Gasteiger partial charge in [-0.3, -0.25) is 9.48 Å². The summed E-state index contributed by atoms with van der Waals surface area (Å²) in [7, 11) is 0. The number of hydrogen-bond donors (Lipinski definition) is 1. The van der Waals surface area contributed by atoms with Crippen molar-refractivity contribution >= 4 is 16.9 Å². The van der Waals surface area contributed by atoms with Crippen LogP contribution in [-0.4, -0.2) is 30.5 Å². The third-order valence-electron chi connectivity index (χ3n) is 5.66. The molecule has 1 unspecified atom stereocenters. The first-order valence-electron chi connectivity index (χ1n) is 10.8. The number of amides is 1. The molecule has 0 radical (unpaired) electrons. The molecule has 4 rings (SSSR count). The minimum atomic E-state index is -2.69. The highest BCUT2D eigenvalue weighted by Gasteiger charge is 2.22. The Morgan fingerprint density at radius 3 is 2.45 bits per heavy atom. The second-order valence-electron chi connectivity index (χ2n) is 8.02. The summed E-state index contributed by atoms with van der Waals surface area (Å²) in [4.78, 5) is 17.4. The maximum Gasteiger partial charge on any atom is 0.264 e. The van der Waals surface area contributed by atoms with Gasteiger partial charge < -0.3 is 5.32 Å². The lowest BCUT2D eigenvalue weighted by molar-refractivity contribution is -0.122. The second kappa shape index (κ2) is 9.09. The van der Waals surface area contributed by atoms with E-state index in [4.69, 9.17) is 0 Å². The maximum absolute atomic E-state index is 13.9. The van der Waals surface area contributed by atoms with Crippen molar-refractivity contribution in [3.63, 3.8) is 0 Å². The zero-order valence-electron chi connectivity index (χ0n) is 19.0.